The molecule has 1 aromatic carbocycles. The van der Waals surface area contributed by atoms with Gasteiger partial charge in [0.1, 0.15) is 5.75 Å². The van der Waals surface area contributed by atoms with Crippen molar-refractivity contribution < 1.29 is 79.4 Å². The lowest BCUT2D eigenvalue weighted by molar-refractivity contribution is -0.451. The lowest BCUT2D eigenvalue weighted by Crippen LogP contribution is -2.72. The van der Waals surface area contributed by atoms with Gasteiger partial charge in [0.25, 0.3) is 0 Å². The molecule has 0 aliphatic rings. The predicted octanol–water partition coefficient (Wildman–Crippen LogP) is 7.86. The van der Waals surface area contributed by atoms with Crippen LogP contribution < -0.4 is 4.74 Å². The zero-order valence-corrected chi connectivity index (χ0v) is 15.6. The molecule has 0 aliphatic heterocycles. The number of halogens is 17. The topological polar surface area (TPSA) is 9.23 Å². The highest BCUT2D eigenvalue weighted by atomic mass is 19.4. The second-order valence-corrected chi connectivity index (χ2v) is 6.45. The predicted molar refractivity (Wildman–Crippen MR) is 76.8 cm³/mol. The first-order chi connectivity index (χ1) is 14.8. The Morgan fingerprint density at radius 1 is 0.559 bits per heavy atom. The number of hydrogen-bond donors (Lipinski definition) is 0. The van der Waals surface area contributed by atoms with Gasteiger partial charge in [0.15, 0.2) is 0 Å². The van der Waals surface area contributed by atoms with Crippen molar-refractivity contribution in [3.05, 3.63) is 41.7 Å². The van der Waals surface area contributed by atoms with E-state index in [1.165, 1.54) is 6.92 Å². The number of benzene rings is 1. The Hall–Kier alpha value is -2.43. The van der Waals surface area contributed by atoms with Gasteiger partial charge in [-0.25, -0.2) is 0 Å². The van der Waals surface area contributed by atoms with Gasteiger partial charge in [-0.2, -0.15) is 74.6 Å². The van der Waals surface area contributed by atoms with Crippen LogP contribution in [-0.4, -0.2) is 41.7 Å². The summed E-state index contributed by atoms with van der Waals surface area (Å²) in [6.45, 7) is 1.38. The highest BCUT2D eigenvalue weighted by Gasteiger charge is 2.93. The first-order valence-electron chi connectivity index (χ1n) is 7.94. The van der Waals surface area contributed by atoms with E-state index < -0.39 is 59.3 Å². The first-order valence-corrected chi connectivity index (χ1v) is 7.94. The summed E-state index contributed by atoms with van der Waals surface area (Å²) in [6, 6.07) is -0.113. The molecular weight excluding hydrogens is 531 g/mol. The third kappa shape index (κ3) is 4.23. The summed E-state index contributed by atoms with van der Waals surface area (Å²) in [4.78, 5) is 0. The fourth-order valence-corrected chi connectivity index (χ4v) is 1.98. The maximum absolute atomic E-state index is 13.6. The molecule has 0 spiro atoms. The largest absolute Gasteiger partial charge is 0.460 e. The molecule has 0 amide bonds. The lowest BCUT2D eigenvalue weighted by Gasteiger charge is -2.41. The van der Waals surface area contributed by atoms with Gasteiger partial charge < -0.3 is 4.74 Å². The minimum absolute atomic E-state index is 0.368. The summed E-state index contributed by atoms with van der Waals surface area (Å²) in [5.74, 6) is -55.0. The number of alkyl halides is 15. The molecule has 34 heavy (non-hydrogen) atoms. The van der Waals surface area contributed by atoms with E-state index in [-0.39, 0.29) is 0 Å². The molecule has 0 heterocycles. The van der Waals surface area contributed by atoms with Crippen molar-refractivity contribution in [2.24, 2.45) is 0 Å². The molecule has 0 saturated carbocycles. The molecule has 0 aromatic heterocycles. The molecule has 0 bridgehead atoms. The first kappa shape index (κ1) is 29.6. The highest BCUT2D eigenvalue weighted by Crippen LogP contribution is 2.63. The van der Waals surface area contributed by atoms with Crippen molar-refractivity contribution in [2.45, 2.75) is 48.6 Å². The number of ether oxygens (including phenoxy) is 1. The van der Waals surface area contributed by atoms with Crippen LogP contribution >= 0.6 is 0 Å². The molecule has 0 saturated heterocycles. The van der Waals surface area contributed by atoms with Crippen molar-refractivity contribution in [1.82, 2.24) is 0 Å². The molecule has 0 radical (unpaired) electrons. The zero-order chi connectivity index (χ0) is 27.3. The third-order valence-electron chi connectivity index (χ3n) is 4.00. The number of aryl methyl sites for hydroxylation is 1. The Balaban J connectivity index is 3.57. The van der Waals surface area contributed by atoms with E-state index in [1.54, 1.807) is 0 Å². The van der Waals surface area contributed by atoms with Crippen molar-refractivity contribution in [3.63, 3.8) is 0 Å². The smallest absolute Gasteiger partial charge is 0.430 e. The number of hydrogen-bond acceptors (Lipinski definition) is 1. The van der Waals surface area contributed by atoms with Crippen LogP contribution in [0.3, 0.4) is 0 Å². The Morgan fingerprint density at radius 2 is 0.912 bits per heavy atom. The molecular formula is C16H7F17O. The van der Waals surface area contributed by atoms with Gasteiger partial charge in [0, 0.05) is 0 Å². The van der Waals surface area contributed by atoms with Gasteiger partial charge in [0.2, 0.25) is 5.83 Å². The fraction of sp³-hybridized carbons (Fsp3) is 0.500. The van der Waals surface area contributed by atoms with Crippen LogP contribution in [0.2, 0.25) is 0 Å². The quantitative estimate of drug-likeness (QED) is 0.242. The van der Waals surface area contributed by atoms with E-state index in [2.05, 4.69) is 4.74 Å². The molecule has 0 atom stereocenters. The van der Waals surface area contributed by atoms with E-state index in [0.717, 1.165) is 12.1 Å². The van der Waals surface area contributed by atoms with E-state index in [4.69, 9.17) is 0 Å². The molecule has 0 unspecified atom stereocenters. The molecule has 0 fully saturated rings. The summed E-state index contributed by atoms with van der Waals surface area (Å²) >= 11 is 0. The summed E-state index contributed by atoms with van der Waals surface area (Å²) in [5, 5.41) is 0. The number of rotatable bonds is 8. The summed E-state index contributed by atoms with van der Waals surface area (Å²) < 4.78 is 226. The average molecular weight is 538 g/mol. The summed E-state index contributed by atoms with van der Waals surface area (Å²) in [6.07, 6.45) is -7.77. The lowest BCUT2D eigenvalue weighted by atomic mass is 9.91. The van der Waals surface area contributed by atoms with Gasteiger partial charge >= 0.3 is 47.7 Å². The Morgan fingerprint density at radius 3 is 1.29 bits per heavy atom. The van der Waals surface area contributed by atoms with Crippen LogP contribution in [0.4, 0.5) is 74.6 Å². The summed E-state index contributed by atoms with van der Waals surface area (Å²) in [5.41, 5.74) is 0.368. The SMILES string of the molecule is Cc1ccc(O/C(F)=C(\F)C(F)(F)C(F)(F)C(F)(F)C(F)(F)C(F)(F)C(F)(F)C(F)(F)F)cc1. The van der Waals surface area contributed by atoms with Crippen LogP contribution in [0.1, 0.15) is 5.56 Å². The van der Waals surface area contributed by atoms with Crippen LogP contribution in [0.5, 0.6) is 5.75 Å². The van der Waals surface area contributed by atoms with Gasteiger partial charge in [0.05, 0.1) is 0 Å². The molecule has 0 aliphatic carbocycles. The van der Waals surface area contributed by atoms with Crippen LogP contribution in [0.15, 0.2) is 36.1 Å². The van der Waals surface area contributed by atoms with E-state index in [1.807, 2.05) is 0 Å². The monoisotopic (exact) mass is 538 g/mol. The van der Waals surface area contributed by atoms with E-state index in [9.17, 15) is 74.6 Å². The second kappa shape index (κ2) is 8.35. The van der Waals surface area contributed by atoms with Crippen molar-refractivity contribution in [2.75, 3.05) is 0 Å². The molecule has 1 nitrogen and oxygen atoms in total. The third-order valence-corrected chi connectivity index (χ3v) is 4.00. The van der Waals surface area contributed by atoms with Gasteiger partial charge in [-0.1, -0.05) is 17.7 Å². The van der Waals surface area contributed by atoms with Crippen LogP contribution in [0, 0.1) is 6.92 Å². The van der Waals surface area contributed by atoms with Crippen LogP contribution in [-0.2, 0) is 0 Å². The van der Waals surface area contributed by atoms with E-state index >= 15 is 0 Å². The second-order valence-electron chi connectivity index (χ2n) is 6.45. The summed E-state index contributed by atoms with van der Waals surface area (Å²) in [7, 11) is 0. The normalized spacial score (nSPS) is 15.8. The van der Waals surface area contributed by atoms with Crippen molar-refractivity contribution in [3.8, 4) is 5.75 Å². The Bertz CT molecular complexity index is 910. The van der Waals surface area contributed by atoms with Crippen molar-refractivity contribution >= 4 is 0 Å². The van der Waals surface area contributed by atoms with Crippen molar-refractivity contribution in [1.29, 1.82) is 0 Å². The van der Waals surface area contributed by atoms with Gasteiger partial charge in [-0.05, 0) is 19.1 Å². The molecule has 1 rings (SSSR count). The number of allylic oxidation sites excluding steroid dienone is 1. The maximum atomic E-state index is 13.6. The standard InChI is InChI=1S/C16H7F17O/c1-6-2-4-7(5-3-6)34-9(18)8(17)10(19,20)11(21,22)12(23,24)13(25,26)14(27,28)15(29,30)16(31,32)33/h2-5H,1H3/b9-8-. The van der Waals surface area contributed by atoms with Gasteiger partial charge in [-0.15, -0.1) is 0 Å². The fourth-order valence-electron chi connectivity index (χ4n) is 1.98. The maximum Gasteiger partial charge on any atom is 0.460 e. The minimum atomic E-state index is -8.61. The van der Waals surface area contributed by atoms with Crippen LogP contribution in [0.25, 0.3) is 0 Å². The molecule has 0 N–H and O–H groups in total. The minimum Gasteiger partial charge on any atom is -0.430 e. The van der Waals surface area contributed by atoms with E-state index in [0.29, 0.717) is 17.7 Å². The molecule has 18 heteroatoms. The highest BCUT2D eigenvalue weighted by molar-refractivity contribution is 5.28. The Labute approximate surface area is 176 Å². The molecule has 1 aromatic rings. The zero-order valence-electron chi connectivity index (χ0n) is 15.6. The molecule has 196 valence electrons. The average Bonchev–Trinajstić information content (AvgIpc) is 2.67. The van der Waals surface area contributed by atoms with Gasteiger partial charge in [-0.3, -0.25) is 0 Å². The Kier molecular flexibility index (Phi) is 7.27.